The molecule has 2 N–H and O–H groups in total. The Hall–Kier alpha value is -3.05. The van der Waals surface area contributed by atoms with Crippen LogP contribution in [0.5, 0.6) is 0 Å². The Kier molecular flexibility index (Phi) is 5.39. The average Bonchev–Trinajstić information content (AvgIpc) is 3.18. The highest BCUT2D eigenvalue weighted by molar-refractivity contribution is 6.30. The van der Waals surface area contributed by atoms with E-state index in [2.05, 4.69) is 10.6 Å². The molecule has 2 aromatic carbocycles. The zero-order valence-electron chi connectivity index (χ0n) is 14.0. The monoisotopic (exact) mass is 368 g/mol. The van der Waals surface area contributed by atoms with Gasteiger partial charge in [-0.15, -0.1) is 0 Å². The Morgan fingerprint density at radius 2 is 1.69 bits per heavy atom. The number of rotatable bonds is 6. The summed E-state index contributed by atoms with van der Waals surface area (Å²) in [7, 11) is 0. The number of hydrogen-bond acceptors (Lipinski definition) is 4. The highest BCUT2D eigenvalue weighted by atomic mass is 35.5. The van der Waals surface area contributed by atoms with Crippen molar-refractivity contribution < 1.29 is 14.0 Å². The standard InChI is InChI=1S/C20H17ClN2O3/c1-13-4-6-14(7-5-13)18(24)19(22-16-10-8-15(21)9-11-16)23-20(25)17-3-2-12-26-17/h2-12,19,22H,1H3,(H,23,25)/t19-/m1/s1. The molecule has 0 saturated heterocycles. The number of ketones is 1. The number of anilines is 1. The predicted molar refractivity (Wildman–Crippen MR) is 101 cm³/mol. The number of carbonyl (C=O) groups is 2. The number of aryl methyl sites for hydroxylation is 1. The zero-order chi connectivity index (χ0) is 18.5. The van der Waals surface area contributed by atoms with Crippen LogP contribution in [-0.4, -0.2) is 17.9 Å². The van der Waals surface area contributed by atoms with E-state index >= 15 is 0 Å². The van der Waals surface area contributed by atoms with Crippen LogP contribution >= 0.6 is 11.6 Å². The average molecular weight is 369 g/mol. The third kappa shape index (κ3) is 4.32. The first-order chi connectivity index (χ1) is 12.5. The molecule has 26 heavy (non-hydrogen) atoms. The molecule has 1 atom stereocenters. The molecular weight excluding hydrogens is 352 g/mol. The third-order valence-electron chi connectivity index (χ3n) is 3.77. The Bertz CT molecular complexity index is 888. The van der Waals surface area contributed by atoms with Gasteiger partial charge in [0.2, 0.25) is 5.78 Å². The van der Waals surface area contributed by atoms with Crippen LogP contribution in [0.25, 0.3) is 0 Å². The molecule has 132 valence electrons. The van der Waals surface area contributed by atoms with E-state index in [0.717, 1.165) is 5.56 Å². The number of benzene rings is 2. The summed E-state index contributed by atoms with van der Waals surface area (Å²) in [5, 5.41) is 6.28. The first-order valence-corrected chi connectivity index (χ1v) is 8.38. The van der Waals surface area contributed by atoms with Gasteiger partial charge in [0.25, 0.3) is 5.91 Å². The number of Topliss-reactive ketones (excluding diaryl/α,β-unsaturated/α-hetero) is 1. The predicted octanol–water partition coefficient (Wildman–Crippen LogP) is 4.29. The van der Waals surface area contributed by atoms with Crippen LogP contribution in [0.15, 0.2) is 71.3 Å². The molecule has 0 fully saturated rings. The molecule has 6 heteroatoms. The molecule has 5 nitrogen and oxygen atoms in total. The Morgan fingerprint density at radius 3 is 2.31 bits per heavy atom. The van der Waals surface area contributed by atoms with Gasteiger partial charge in [0.05, 0.1) is 6.26 Å². The van der Waals surface area contributed by atoms with Gasteiger partial charge in [-0.2, -0.15) is 0 Å². The maximum Gasteiger partial charge on any atom is 0.288 e. The maximum atomic E-state index is 12.9. The zero-order valence-corrected chi connectivity index (χ0v) is 14.8. The van der Waals surface area contributed by atoms with E-state index in [9.17, 15) is 9.59 Å². The van der Waals surface area contributed by atoms with E-state index in [-0.39, 0.29) is 11.5 Å². The van der Waals surface area contributed by atoms with Crippen LogP contribution in [0.3, 0.4) is 0 Å². The van der Waals surface area contributed by atoms with Gasteiger partial charge in [0.1, 0.15) is 0 Å². The van der Waals surface area contributed by atoms with Crippen LogP contribution in [-0.2, 0) is 0 Å². The van der Waals surface area contributed by atoms with Gasteiger partial charge in [-0.3, -0.25) is 9.59 Å². The first kappa shape index (κ1) is 17.8. The number of carbonyl (C=O) groups excluding carboxylic acids is 2. The van der Waals surface area contributed by atoms with Gasteiger partial charge in [-0.05, 0) is 43.3 Å². The number of halogens is 1. The lowest BCUT2D eigenvalue weighted by atomic mass is 10.1. The van der Waals surface area contributed by atoms with E-state index in [0.29, 0.717) is 16.3 Å². The molecule has 0 aliphatic carbocycles. The van der Waals surface area contributed by atoms with Gasteiger partial charge in [0.15, 0.2) is 11.9 Å². The third-order valence-corrected chi connectivity index (χ3v) is 4.03. The normalized spacial score (nSPS) is 11.6. The summed E-state index contributed by atoms with van der Waals surface area (Å²) in [6, 6.07) is 17.2. The quantitative estimate of drug-likeness (QED) is 0.503. The molecule has 0 saturated carbocycles. The number of furan rings is 1. The molecule has 0 aliphatic heterocycles. The van der Waals surface area contributed by atoms with Crippen LogP contribution < -0.4 is 10.6 Å². The van der Waals surface area contributed by atoms with E-state index in [4.69, 9.17) is 16.0 Å². The van der Waals surface area contributed by atoms with Crippen molar-refractivity contribution in [2.45, 2.75) is 13.1 Å². The largest absolute Gasteiger partial charge is 0.459 e. The Morgan fingerprint density at radius 1 is 1.00 bits per heavy atom. The summed E-state index contributed by atoms with van der Waals surface area (Å²) < 4.78 is 5.09. The van der Waals surface area contributed by atoms with Gasteiger partial charge in [-0.1, -0.05) is 41.4 Å². The fourth-order valence-electron chi connectivity index (χ4n) is 2.37. The van der Waals surface area contributed by atoms with Gasteiger partial charge in [0, 0.05) is 16.3 Å². The minimum Gasteiger partial charge on any atom is -0.459 e. The van der Waals surface area contributed by atoms with Crippen LogP contribution in [0.4, 0.5) is 5.69 Å². The second-order valence-electron chi connectivity index (χ2n) is 5.77. The minimum absolute atomic E-state index is 0.129. The fraction of sp³-hybridized carbons (Fsp3) is 0.100. The molecule has 1 amide bonds. The molecule has 0 radical (unpaired) electrons. The van der Waals surface area contributed by atoms with E-state index in [1.807, 2.05) is 19.1 Å². The molecule has 0 unspecified atom stereocenters. The van der Waals surface area contributed by atoms with Crippen LogP contribution in [0, 0.1) is 6.92 Å². The molecule has 0 bridgehead atoms. The van der Waals surface area contributed by atoms with Gasteiger partial charge < -0.3 is 15.1 Å². The fourth-order valence-corrected chi connectivity index (χ4v) is 2.50. The van der Waals surface area contributed by atoms with E-state index < -0.39 is 12.1 Å². The number of nitrogens with one attached hydrogen (secondary N) is 2. The van der Waals surface area contributed by atoms with Crippen molar-refractivity contribution in [3.05, 3.63) is 88.8 Å². The molecule has 0 aliphatic rings. The molecule has 3 aromatic rings. The molecule has 3 rings (SSSR count). The summed E-state index contributed by atoms with van der Waals surface area (Å²) in [6.07, 6.45) is 0.440. The van der Waals surface area contributed by atoms with Gasteiger partial charge in [-0.25, -0.2) is 0 Å². The van der Waals surface area contributed by atoms with Crippen molar-refractivity contribution in [1.29, 1.82) is 0 Å². The van der Waals surface area contributed by atoms with E-state index in [1.54, 1.807) is 42.5 Å². The lowest BCUT2D eigenvalue weighted by Gasteiger charge is -2.20. The van der Waals surface area contributed by atoms with Crippen molar-refractivity contribution >= 4 is 29.0 Å². The van der Waals surface area contributed by atoms with Crippen molar-refractivity contribution in [2.24, 2.45) is 0 Å². The molecular formula is C20H17ClN2O3. The highest BCUT2D eigenvalue weighted by Crippen LogP contribution is 2.16. The summed E-state index contributed by atoms with van der Waals surface area (Å²) in [4.78, 5) is 25.2. The van der Waals surface area contributed by atoms with Crippen molar-refractivity contribution in [1.82, 2.24) is 5.32 Å². The number of amides is 1. The van der Waals surface area contributed by atoms with Crippen LogP contribution in [0.2, 0.25) is 5.02 Å². The summed E-state index contributed by atoms with van der Waals surface area (Å²) >= 11 is 5.90. The summed E-state index contributed by atoms with van der Waals surface area (Å²) in [5.41, 5.74) is 2.18. The van der Waals surface area contributed by atoms with E-state index in [1.165, 1.54) is 12.3 Å². The highest BCUT2D eigenvalue weighted by Gasteiger charge is 2.23. The first-order valence-electron chi connectivity index (χ1n) is 8.00. The van der Waals surface area contributed by atoms with Crippen molar-refractivity contribution in [3.8, 4) is 0 Å². The topological polar surface area (TPSA) is 71.3 Å². The second-order valence-corrected chi connectivity index (χ2v) is 6.20. The smallest absolute Gasteiger partial charge is 0.288 e. The lowest BCUT2D eigenvalue weighted by Crippen LogP contribution is -2.46. The summed E-state index contributed by atoms with van der Waals surface area (Å²) in [5.74, 6) is -0.619. The van der Waals surface area contributed by atoms with Crippen LogP contribution in [0.1, 0.15) is 26.5 Å². The lowest BCUT2D eigenvalue weighted by molar-refractivity contribution is 0.0853. The minimum atomic E-state index is -0.962. The van der Waals surface area contributed by atoms with Crippen molar-refractivity contribution in [2.75, 3.05) is 5.32 Å². The molecule has 1 aromatic heterocycles. The Balaban J connectivity index is 1.84. The van der Waals surface area contributed by atoms with Crippen molar-refractivity contribution in [3.63, 3.8) is 0 Å². The summed E-state index contributed by atoms with van der Waals surface area (Å²) in [6.45, 7) is 1.94. The maximum absolute atomic E-state index is 12.9. The second kappa shape index (κ2) is 7.89. The number of hydrogen-bond donors (Lipinski definition) is 2. The molecule has 0 spiro atoms. The van der Waals surface area contributed by atoms with Gasteiger partial charge >= 0.3 is 0 Å². The molecule has 1 heterocycles. The SMILES string of the molecule is Cc1ccc(C(=O)[C@@H](NC(=O)c2ccco2)Nc2ccc(Cl)cc2)cc1. The Labute approximate surface area is 156 Å².